The Balaban J connectivity index is 2.61. The van der Waals surface area contributed by atoms with E-state index in [0.717, 1.165) is 9.13 Å². The zero-order chi connectivity index (χ0) is 13.8. The van der Waals surface area contributed by atoms with Gasteiger partial charge in [-0.15, -0.1) is 0 Å². The Morgan fingerprint density at radius 1 is 1.44 bits per heavy atom. The highest BCUT2D eigenvalue weighted by Crippen LogP contribution is 2.26. The molecule has 1 rings (SSSR count). The first-order chi connectivity index (χ1) is 8.35. The number of benzene rings is 1. The van der Waals surface area contributed by atoms with Crippen LogP contribution in [0.25, 0.3) is 0 Å². The molecule has 0 saturated carbocycles. The molecule has 3 nitrogen and oxygen atoms in total. The first-order valence-electron chi connectivity index (χ1n) is 5.69. The number of sulfone groups is 1. The lowest BCUT2D eigenvalue weighted by atomic mass is 10.1. The van der Waals surface area contributed by atoms with E-state index in [-0.39, 0.29) is 11.5 Å². The van der Waals surface area contributed by atoms with E-state index >= 15 is 0 Å². The van der Waals surface area contributed by atoms with Crippen LogP contribution < -0.4 is 0 Å². The normalized spacial score (nSPS) is 13.6. The maximum atomic E-state index is 11.3. The molecule has 0 amide bonds. The van der Waals surface area contributed by atoms with Gasteiger partial charge in [0.1, 0.15) is 9.84 Å². The zero-order valence-corrected chi connectivity index (χ0v) is 13.8. The van der Waals surface area contributed by atoms with E-state index in [1.807, 2.05) is 6.07 Å². The monoisotopic (exact) mass is 402 g/mol. The average molecular weight is 403 g/mol. The van der Waals surface area contributed by atoms with E-state index in [1.54, 1.807) is 19.1 Å². The fourth-order valence-corrected chi connectivity index (χ4v) is 3.34. The third-order valence-electron chi connectivity index (χ3n) is 2.69. The molecule has 6 heteroatoms. The molecular formula is C12H16ClIO3S. The lowest BCUT2D eigenvalue weighted by molar-refractivity contribution is 0.166. The molecule has 0 saturated heterocycles. The average Bonchev–Trinajstić information content (AvgIpc) is 2.32. The number of aliphatic hydroxyl groups excluding tert-OH is 1. The van der Waals surface area contributed by atoms with Gasteiger partial charge in [-0.05, 0) is 59.2 Å². The van der Waals surface area contributed by atoms with Crippen LogP contribution in [-0.2, 0) is 9.84 Å². The van der Waals surface area contributed by atoms with Gasteiger partial charge in [0.2, 0.25) is 0 Å². The van der Waals surface area contributed by atoms with Gasteiger partial charge in [-0.1, -0.05) is 18.5 Å². The molecule has 0 aliphatic rings. The molecule has 0 aliphatic heterocycles. The van der Waals surface area contributed by atoms with Crippen molar-refractivity contribution < 1.29 is 13.5 Å². The second-order valence-electron chi connectivity index (χ2n) is 4.06. The van der Waals surface area contributed by atoms with Gasteiger partial charge in [0.05, 0.1) is 11.9 Å². The first-order valence-corrected chi connectivity index (χ1v) is 8.97. The van der Waals surface area contributed by atoms with E-state index in [1.165, 1.54) is 0 Å². The summed E-state index contributed by atoms with van der Waals surface area (Å²) in [6.45, 7) is 1.63. The van der Waals surface area contributed by atoms with Crippen molar-refractivity contribution in [3.63, 3.8) is 0 Å². The molecule has 0 aliphatic carbocycles. The summed E-state index contributed by atoms with van der Waals surface area (Å²) in [6.07, 6.45) is 0.220. The Kier molecular flexibility index (Phi) is 6.37. The van der Waals surface area contributed by atoms with Crippen molar-refractivity contribution >= 4 is 44.0 Å². The van der Waals surface area contributed by atoms with Gasteiger partial charge >= 0.3 is 0 Å². The summed E-state index contributed by atoms with van der Waals surface area (Å²) in [7, 11) is -2.95. The summed E-state index contributed by atoms with van der Waals surface area (Å²) in [5.74, 6) is 0.273. The second-order valence-corrected chi connectivity index (χ2v) is 8.13. The second kappa shape index (κ2) is 7.07. The predicted octanol–water partition coefficient (Wildman–Crippen LogP) is 3.19. The maximum Gasteiger partial charge on any atom is 0.150 e. The van der Waals surface area contributed by atoms with E-state index in [2.05, 4.69) is 22.6 Å². The molecule has 1 aromatic carbocycles. The van der Waals surface area contributed by atoms with E-state index in [9.17, 15) is 13.5 Å². The van der Waals surface area contributed by atoms with Crippen molar-refractivity contribution in [3.8, 4) is 0 Å². The third-order valence-corrected chi connectivity index (χ3v) is 5.70. The predicted molar refractivity (Wildman–Crippen MR) is 82.7 cm³/mol. The smallest absolute Gasteiger partial charge is 0.150 e. The minimum atomic E-state index is -2.95. The molecule has 0 radical (unpaired) electrons. The molecule has 1 N–H and O–H groups in total. The Morgan fingerprint density at radius 3 is 2.72 bits per heavy atom. The van der Waals surface area contributed by atoms with Gasteiger partial charge in [-0.3, -0.25) is 0 Å². The van der Waals surface area contributed by atoms with Crippen LogP contribution >= 0.6 is 34.2 Å². The molecule has 1 unspecified atom stereocenters. The molecule has 0 aromatic heterocycles. The molecule has 0 spiro atoms. The standard InChI is InChI=1S/C12H16ClIO3S/c1-2-18(16,17)7-3-4-12(15)10-8-9(13)5-6-11(10)14/h5-6,8,12,15H,2-4,7H2,1H3. The summed E-state index contributed by atoms with van der Waals surface area (Å²) in [4.78, 5) is 0. The quantitative estimate of drug-likeness (QED) is 0.744. The molecule has 102 valence electrons. The van der Waals surface area contributed by atoms with Gasteiger partial charge in [-0.2, -0.15) is 0 Å². The van der Waals surface area contributed by atoms with Crippen LogP contribution in [0.15, 0.2) is 18.2 Å². The topological polar surface area (TPSA) is 54.4 Å². The van der Waals surface area contributed by atoms with Crippen molar-refractivity contribution in [1.82, 2.24) is 0 Å². The summed E-state index contributed by atoms with van der Waals surface area (Å²) >= 11 is 8.01. The Hall–Kier alpha value is 0.150. The van der Waals surface area contributed by atoms with Gasteiger partial charge < -0.3 is 5.11 Å². The Labute approximate surface area is 127 Å². The maximum absolute atomic E-state index is 11.3. The van der Waals surface area contributed by atoms with Crippen molar-refractivity contribution in [2.75, 3.05) is 11.5 Å². The van der Waals surface area contributed by atoms with Crippen LogP contribution in [0.2, 0.25) is 5.02 Å². The number of hydrogen-bond acceptors (Lipinski definition) is 3. The summed E-state index contributed by atoms with van der Waals surface area (Å²) in [5, 5.41) is 10.6. The van der Waals surface area contributed by atoms with Gasteiger partial charge in [0.25, 0.3) is 0 Å². The largest absolute Gasteiger partial charge is 0.388 e. The van der Waals surface area contributed by atoms with Crippen LogP contribution in [0.5, 0.6) is 0 Å². The van der Waals surface area contributed by atoms with Crippen molar-refractivity contribution in [2.45, 2.75) is 25.9 Å². The van der Waals surface area contributed by atoms with Crippen LogP contribution in [0.4, 0.5) is 0 Å². The molecule has 1 aromatic rings. The molecule has 0 heterocycles. The number of aliphatic hydroxyl groups is 1. The van der Waals surface area contributed by atoms with Crippen molar-refractivity contribution in [2.24, 2.45) is 0 Å². The van der Waals surface area contributed by atoms with Crippen LogP contribution in [0.3, 0.4) is 0 Å². The molecular weight excluding hydrogens is 387 g/mol. The molecule has 1 atom stereocenters. The van der Waals surface area contributed by atoms with Gasteiger partial charge in [-0.25, -0.2) is 8.42 Å². The highest BCUT2D eigenvalue weighted by Gasteiger charge is 2.14. The minimum absolute atomic E-state index is 0.123. The van der Waals surface area contributed by atoms with E-state index < -0.39 is 15.9 Å². The minimum Gasteiger partial charge on any atom is -0.388 e. The number of hydrogen-bond donors (Lipinski definition) is 1. The summed E-state index contributed by atoms with van der Waals surface area (Å²) < 4.78 is 23.6. The number of halogens is 2. The first kappa shape index (κ1) is 16.2. The molecule has 0 bridgehead atoms. The fourth-order valence-electron chi connectivity index (χ4n) is 1.57. The lowest BCUT2D eigenvalue weighted by Crippen LogP contribution is -2.10. The molecule has 18 heavy (non-hydrogen) atoms. The van der Waals surface area contributed by atoms with Crippen molar-refractivity contribution in [1.29, 1.82) is 0 Å². The molecule has 0 fully saturated rings. The summed E-state index contributed by atoms with van der Waals surface area (Å²) in [5.41, 5.74) is 0.761. The Bertz CT molecular complexity index is 502. The summed E-state index contributed by atoms with van der Waals surface area (Å²) in [6, 6.07) is 5.33. The van der Waals surface area contributed by atoms with Crippen molar-refractivity contribution in [3.05, 3.63) is 32.4 Å². The number of rotatable bonds is 6. The Morgan fingerprint density at radius 2 is 2.11 bits per heavy atom. The fraction of sp³-hybridized carbons (Fsp3) is 0.500. The van der Waals surface area contributed by atoms with Gasteiger partial charge in [0.15, 0.2) is 0 Å². The highest BCUT2D eigenvalue weighted by atomic mass is 127. The van der Waals surface area contributed by atoms with Crippen LogP contribution in [0.1, 0.15) is 31.4 Å². The zero-order valence-electron chi connectivity index (χ0n) is 10.1. The van der Waals surface area contributed by atoms with Gasteiger partial charge in [0, 0.05) is 14.3 Å². The lowest BCUT2D eigenvalue weighted by Gasteiger charge is -2.13. The van der Waals surface area contributed by atoms with Crippen LogP contribution in [-0.4, -0.2) is 25.0 Å². The SMILES string of the molecule is CCS(=O)(=O)CCCC(O)c1cc(Cl)ccc1I. The highest BCUT2D eigenvalue weighted by molar-refractivity contribution is 14.1. The van der Waals surface area contributed by atoms with E-state index in [4.69, 9.17) is 11.6 Å². The third kappa shape index (κ3) is 5.03. The van der Waals surface area contributed by atoms with Crippen LogP contribution in [0, 0.1) is 3.57 Å². The van der Waals surface area contributed by atoms with E-state index in [0.29, 0.717) is 17.9 Å².